The summed E-state index contributed by atoms with van der Waals surface area (Å²) in [6.45, 7) is 2.60. The average molecular weight is 257 g/mol. The topological polar surface area (TPSA) is 75.1 Å². The molecule has 0 aliphatic carbocycles. The summed E-state index contributed by atoms with van der Waals surface area (Å²) in [5, 5.41) is 12.1. The highest BCUT2D eigenvalue weighted by molar-refractivity contribution is 5.87. The van der Waals surface area contributed by atoms with Gasteiger partial charge in [0.1, 0.15) is 12.1 Å². The van der Waals surface area contributed by atoms with Crippen LogP contribution in [0.5, 0.6) is 0 Å². The van der Waals surface area contributed by atoms with Crippen molar-refractivity contribution in [1.82, 2.24) is 9.97 Å². The summed E-state index contributed by atoms with van der Waals surface area (Å²) in [6, 6.07) is 8.82. The van der Waals surface area contributed by atoms with Crippen LogP contribution in [0.4, 0.5) is 5.82 Å². The van der Waals surface area contributed by atoms with Gasteiger partial charge in [-0.05, 0) is 31.0 Å². The van der Waals surface area contributed by atoms with E-state index in [1.54, 1.807) is 18.2 Å². The first-order valence-electron chi connectivity index (χ1n) is 6.00. The van der Waals surface area contributed by atoms with Crippen molar-refractivity contribution in [1.29, 1.82) is 0 Å². The maximum absolute atomic E-state index is 10.9. The number of aromatic nitrogens is 2. The van der Waals surface area contributed by atoms with Gasteiger partial charge in [-0.3, -0.25) is 0 Å². The van der Waals surface area contributed by atoms with E-state index in [-0.39, 0.29) is 0 Å². The predicted molar refractivity (Wildman–Crippen MR) is 72.4 cm³/mol. The van der Waals surface area contributed by atoms with Gasteiger partial charge in [0.25, 0.3) is 0 Å². The molecule has 0 saturated heterocycles. The highest BCUT2D eigenvalue weighted by atomic mass is 16.4. The van der Waals surface area contributed by atoms with Gasteiger partial charge < -0.3 is 10.4 Å². The monoisotopic (exact) mass is 257 g/mol. The van der Waals surface area contributed by atoms with Crippen LogP contribution in [-0.4, -0.2) is 27.6 Å². The molecule has 0 atom stereocenters. The maximum Gasteiger partial charge on any atom is 0.335 e. The molecule has 1 aromatic carbocycles. The highest BCUT2D eigenvalue weighted by Gasteiger charge is 2.03. The Balaban J connectivity index is 1.92. The second-order valence-electron chi connectivity index (χ2n) is 4.23. The summed E-state index contributed by atoms with van der Waals surface area (Å²) in [7, 11) is 0. The molecule has 5 nitrogen and oxygen atoms in total. The largest absolute Gasteiger partial charge is 0.478 e. The number of nitrogens with one attached hydrogen (secondary N) is 1. The van der Waals surface area contributed by atoms with Gasteiger partial charge in [-0.2, -0.15) is 0 Å². The van der Waals surface area contributed by atoms with E-state index >= 15 is 0 Å². The molecule has 0 radical (unpaired) electrons. The van der Waals surface area contributed by atoms with Gasteiger partial charge in [0, 0.05) is 18.3 Å². The number of hydrogen-bond donors (Lipinski definition) is 2. The van der Waals surface area contributed by atoms with Crippen molar-refractivity contribution in [2.24, 2.45) is 0 Å². The Kier molecular flexibility index (Phi) is 4.07. The smallest absolute Gasteiger partial charge is 0.335 e. The van der Waals surface area contributed by atoms with E-state index in [0.29, 0.717) is 12.1 Å². The van der Waals surface area contributed by atoms with E-state index in [4.69, 9.17) is 5.11 Å². The standard InChI is InChI=1S/C14H15N3O2/c1-10-7-13(17-9-16-10)15-6-5-11-3-2-4-12(8-11)14(18)19/h2-4,7-9H,5-6H2,1H3,(H,18,19)(H,15,16,17). The molecule has 0 aliphatic heterocycles. The van der Waals surface area contributed by atoms with Crippen LogP contribution in [0.1, 0.15) is 21.6 Å². The first-order chi connectivity index (χ1) is 9.15. The second-order valence-corrected chi connectivity index (χ2v) is 4.23. The summed E-state index contributed by atoms with van der Waals surface area (Å²) >= 11 is 0. The number of anilines is 1. The quantitative estimate of drug-likeness (QED) is 0.858. The second kappa shape index (κ2) is 5.95. The number of rotatable bonds is 5. The van der Waals surface area contributed by atoms with Crippen molar-refractivity contribution in [2.75, 3.05) is 11.9 Å². The fourth-order valence-electron chi connectivity index (χ4n) is 1.75. The summed E-state index contributed by atoms with van der Waals surface area (Å²) < 4.78 is 0. The molecule has 2 rings (SSSR count). The molecule has 2 aromatic rings. The maximum atomic E-state index is 10.9. The van der Waals surface area contributed by atoms with E-state index in [2.05, 4.69) is 15.3 Å². The van der Waals surface area contributed by atoms with Crippen molar-refractivity contribution < 1.29 is 9.90 Å². The van der Waals surface area contributed by atoms with Gasteiger partial charge in [0.2, 0.25) is 0 Å². The predicted octanol–water partition coefficient (Wildman–Crippen LogP) is 2.14. The summed E-state index contributed by atoms with van der Waals surface area (Å²) in [5.74, 6) is -0.122. The number of hydrogen-bond acceptors (Lipinski definition) is 4. The molecule has 1 heterocycles. The van der Waals surface area contributed by atoms with E-state index in [1.807, 2.05) is 19.1 Å². The van der Waals surface area contributed by atoms with Crippen molar-refractivity contribution in [3.63, 3.8) is 0 Å². The molecule has 0 saturated carbocycles. The van der Waals surface area contributed by atoms with Crippen LogP contribution in [0.2, 0.25) is 0 Å². The van der Waals surface area contributed by atoms with E-state index < -0.39 is 5.97 Å². The lowest BCUT2D eigenvalue weighted by Gasteiger charge is -2.06. The number of aryl methyl sites for hydroxylation is 1. The molecule has 0 fully saturated rings. The molecule has 19 heavy (non-hydrogen) atoms. The van der Waals surface area contributed by atoms with Crippen LogP contribution in [0, 0.1) is 6.92 Å². The number of carboxylic acid groups (broad SMARTS) is 1. The molecule has 2 N–H and O–H groups in total. The van der Waals surface area contributed by atoms with Crippen molar-refractivity contribution in [3.05, 3.63) is 53.5 Å². The van der Waals surface area contributed by atoms with E-state index in [9.17, 15) is 4.79 Å². The van der Waals surface area contributed by atoms with Crippen LogP contribution in [0.25, 0.3) is 0 Å². The summed E-state index contributed by atoms with van der Waals surface area (Å²) in [6.07, 6.45) is 2.26. The molecule has 0 bridgehead atoms. The Bertz CT molecular complexity index is 584. The van der Waals surface area contributed by atoms with Crippen LogP contribution < -0.4 is 5.32 Å². The third-order valence-corrected chi connectivity index (χ3v) is 2.70. The number of aromatic carboxylic acids is 1. The zero-order valence-corrected chi connectivity index (χ0v) is 10.6. The van der Waals surface area contributed by atoms with Crippen LogP contribution in [0.15, 0.2) is 36.7 Å². The first kappa shape index (κ1) is 13.0. The Morgan fingerprint density at radius 2 is 2.16 bits per heavy atom. The summed E-state index contributed by atoms with van der Waals surface area (Å²) in [5.41, 5.74) is 2.21. The van der Waals surface area contributed by atoms with Crippen molar-refractivity contribution in [2.45, 2.75) is 13.3 Å². The number of benzene rings is 1. The lowest BCUT2D eigenvalue weighted by Crippen LogP contribution is -2.07. The molecule has 0 amide bonds. The number of carboxylic acids is 1. The van der Waals surface area contributed by atoms with Gasteiger partial charge in [-0.1, -0.05) is 12.1 Å². The Labute approximate surface area is 111 Å². The zero-order valence-electron chi connectivity index (χ0n) is 10.6. The van der Waals surface area contributed by atoms with Gasteiger partial charge in [0.05, 0.1) is 5.56 Å². The normalized spacial score (nSPS) is 10.2. The number of carbonyl (C=O) groups is 1. The first-order valence-corrected chi connectivity index (χ1v) is 6.00. The molecule has 1 aromatic heterocycles. The Morgan fingerprint density at radius 3 is 2.89 bits per heavy atom. The highest BCUT2D eigenvalue weighted by Crippen LogP contribution is 2.07. The molecule has 5 heteroatoms. The third-order valence-electron chi connectivity index (χ3n) is 2.70. The van der Waals surface area contributed by atoms with Gasteiger partial charge in [-0.15, -0.1) is 0 Å². The third kappa shape index (κ3) is 3.77. The molecule has 0 aliphatic rings. The number of nitrogens with zero attached hydrogens (tertiary/aromatic N) is 2. The van der Waals surface area contributed by atoms with Gasteiger partial charge in [0.15, 0.2) is 0 Å². The van der Waals surface area contributed by atoms with Crippen LogP contribution >= 0.6 is 0 Å². The molecule has 0 spiro atoms. The fraction of sp³-hybridized carbons (Fsp3) is 0.214. The van der Waals surface area contributed by atoms with Crippen LogP contribution in [-0.2, 0) is 6.42 Å². The molecule has 98 valence electrons. The lowest BCUT2D eigenvalue weighted by atomic mass is 10.1. The van der Waals surface area contributed by atoms with E-state index in [0.717, 1.165) is 23.5 Å². The zero-order chi connectivity index (χ0) is 13.7. The average Bonchev–Trinajstić information content (AvgIpc) is 2.39. The molecular formula is C14H15N3O2. The molecular weight excluding hydrogens is 242 g/mol. The van der Waals surface area contributed by atoms with Gasteiger partial charge >= 0.3 is 5.97 Å². The fourth-order valence-corrected chi connectivity index (χ4v) is 1.75. The summed E-state index contributed by atoms with van der Waals surface area (Å²) in [4.78, 5) is 19.0. The Morgan fingerprint density at radius 1 is 1.32 bits per heavy atom. The van der Waals surface area contributed by atoms with Crippen molar-refractivity contribution in [3.8, 4) is 0 Å². The van der Waals surface area contributed by atoms with Crippen molar-refractivity contribution >= 4 is 11.8 Å². The van der Waals surface area contributed by atoms with E-state index in [1.165, 1.54) is 6.33 Å². The SMILES string of the molecule is Cc1cc(NCCc2cccc(C(=O)O)c2)ncn1. The van der Waals surface area contributed by atoms with Crippen LogP contribution in [0.3, 0.4) is 0 Å². The lowest BCUT2D eigenvalue weighted by molar-refractivity contribution is 0.0697. The minimum Gasteiger partial charge on any atom is -0.478 e. The van der Waals surface area contributed by atoms with Gasteiger partial charge in [-0.25, -0.2) is 14.8 Å². The minimum atomic E-state index is -0.902. The minimum absolute atomic E-state index is 0.315. The molecule has 0 unspecified atom stereocenters. The Hall–Kier alpha value is -2.43.